The van der Waals surface area contributed by atoms with Gasteiger partial charge in [0.1, 0.15) is 0 Å². The summed E-state index contributed by atoms with van der Waals surface area (Å²) in [6.07, 6.45) is 0.673. The van der Waals surface area contributed by atoms with Crippen LogP contribution in [0.25, 0.3) is 0 Å². The maximum atomic E-state index is 12.5. The average Bonchev–Trinajstić information content (AvgIpc) is 2.43. The van der Waals surface area contributed by atoms with E-state index in [1.165, 1.54) is 0 Å². The molecule has 1 rings (SSSR count). The molecule has 0 radical (unpaired) electrons. The third kappa shape index (κ3) is 4.66. The van der Waals surface area contributed by atoms with E-state index in [9.17, 15) is 9.59 Å². The van der Waals surface area contributed by atoms with Crippen molar-refractivity contribution in [3.8, 4) is 0 Å². The van der Waals surface area contributed by atoms with Crippen molar-refractivity contribution < 1.29 is 9.59 Å². The normalized spacial score (nSPS) is 13.6. The quantitative estimate of drug-likeness (QED) is 0.779. The number of amides is 2. The Morgan fingerprint density at radius 2 is 1.85 bits per heavy atom. The van der Waals surface area contributed by atoms with Gasteiger partial charge in [0.25, 0.3) is 0 Å². The van der Waals surface area contributed by atoms with Crippen molar-refractivity contribution in [2.45, 2.75) is 38.8 Å². The number of carbonyl (C=O) groups excluding carboxylic acids is 2. The lowest BCUT2D eigenvalue weighted by Crippen LogP contribution is -2.53. The second-order valence-electron chi connectivity index (χ2n) is 5.20. The first kappa shape index (κ1) is 16.2. The first-order valence-corrected chi connectivity index (χ1v) is 6.77. The summed E-state index contributed by atoms with van der Waals surface area (Å²) in [6.45, 7) is 4.29. The lowest BCUT2D eigenvalue weighted by molar-refractivity contribution is -0.137. The van der Waals surface area contributed by atoms with E-state index in [1.54, 1.807) is 11.8 Å². The summed E-state index contributed by atoms with van der Waals surface area (Å²) in [5.41, 5.74) is 11.3. The Morgan fingerprint density at radius 3 is 2.35 bits per heavy atom. The van der Waals surface area contributed by atoms with Crippen molar-refractivity contribution in [2.75, 3.05) is 6.54 Å². The van der Waals surface area contributed by atoms with E-state index in [2.05, 4.69) is 0 Å². The number of carbonyl (C=O) groups is 2. The molecule has 5 nitrogen and oxygen atoms in total. The molecule has 4 N–H and O–H groups in total. The van der Waals surface area contributed by atoms with E-state index in [1.807, 2.05) is 37.3 Å². The van der Waals surface area contributed by atoms with Crippen LogP contribution in [-0.4, -0.2) is 28.8 Å². The molecule has 2 amide bonds. The zero-order valence-corrected chi connectivity index (χ0v) is 12.1. The Hall–Kier alpha value is -1.88. The molecule has 1 atom stereocenters. The highest BCUT2D eigenvalue weighted by molar-refractivity contribution is 5.86. The van der Waals surface area contributed by atoms with E-state index in [-0.39, 0.29) is 18.9 Å². The fraction of sp³-hybridized carbons (Fsp3) is 0.467. The van der Waals surface area contributed by atoms with Gasteiger partial charge in [-0.25, -0.2) is 0 Å². The third-order valence-electron chi connectivity index (χ3n) is 3.35. The second kappa shape index (κ2) is 7.05. The molecular weight excluding hydrogens is 254 g/mol. The summed E-state index contributed by atoms with van der Waals surface area (Å²) in [7, 11) is 0. The molecule has 0 aliphatic carbocycles. The van der Waals surface area contributed by atoms with E-state index >= 15 is 0 Å². The van der Waals surface area contributed by atoms with Gasteiger partial charge in [-0.05, 0) is 18.9 Å². The fourth-order valence-electron chi connectivity index (χ4n) is 1.81. The molecule has 0 spiro atoms. The highest BCUT2D eigenvalue weighted by Crippen LogP contribution is 2.14. The van der Waals surface area contributed by atoms with Crippen LogP contribution >= 0.6 is 0 Å². The molecule has 0 saturated heterocycles. The highest BCUT2D eigenvalue weighted by atomic mass is 16.2. The van der Waals surface area contributed by atoms with Crippen molar-refractivity contribution in [3.63, 3.8) is 0 Å². The summed E-state index contributed by atoms with van der Waals surface area (Å²) in [6, 6.07) is 9.61. The molecule has 1 unspecified atom stereocenters. The smallest absolute Gasteiger partial charge is 0.242 e. The van der Waals surface area contributed by atoms with Crippen LogP contribution in [0.2, 0.25) is 0 Å². The lowest BCUT2D eigenvalue weighted by Gasteiger charge is -2.31. The maximum absolute atomic E-state index is 12.5. The van der Waals surface area contributed by atoms with Gasteiger partial charge in [0.05, 0.1) is 5.54 Å². The third-order valence-corrected chi connectivity index (χ3v) is 3.35. The number of hydrogen-bond acceptors (Lipinski definition) is 3. The molecule has 0 bridgehead atoms. The Morgan fingerprint density at radius 1 is 1.25 bits per heavy atom. The minimum Gasteiger partial charge on any atom is -0.370 e. The monoisotopic (exact) mass is 277 g/mol. The van der Waals surface area contributed by atoms with Gasteiger partial charge in [-0.15, -0.1) is 0 Å². The Bertz CT molecular complexity index is 457. The van der Waals surface area contributed by atoms with E-state index in [0.717, 1.165) is 5.56 Å². The average molecular weight is 277 g/mol. The van der Waals surface area contributed by atoms with Crippen LogP contribution in [-0.2, 0) is 16.1 Å². The van der Waals surface area contributed by atoms with Crippen molar-refractivity contribution >= 4 is 11.8 Å². The fourth-order valence-corrected chi connectivity index (χ4v) is 1.81. The molecule has 110 valence electrons. The van der Waals surface area contributed by atoms with E-state index in [4.69, 9.17) is 11.5 Å². The van der Waals surface area contributed by atoms with Crippen molar-refractivity contribution in [1.29, 1.82) is 0 Å². The molecule has 0 heterocycles. The predicted molar refractivity (Wildman–Crippen MR) is 78.6 cm³/mol. The maximum Gasteiger partial charge on any atom is 0.242 e. The number of nitrogens with zero attached hydrogens (tertiary/aromatic N) is 1. The Balaban J connectivity index is 2.85. The first-order chi connectivity index (χ1) is 9.36. The number of nitrogens with two attached hydrogens (primary N) is 2. The van der Waals surface area contributed by atoms with Gasteiger partial charge in [0, 0.05) is 19.5 Å². The topological polar surface area (TPSA) is 89.4 Å². The van der Waals surface area contributed by atoms with Crippen LogP contribution < -0.4 is 11.5 Å². The number of rotatable bonds is 7. The van der Waals surface area contributed by atoms with Crippen LogP contribution in [0.5, 0.6) is 0 Å². The molecule has 1 aromatic rings. The van der Waals surface area contributed by atoms with Gasteiger partial charge in [-0.1, -0.05) is 37.3 Å². The number of benzene rings is 1. The van der Waals surface area contributed by atoms with E-state index < -0.39 is 11.4 Å². The predicted octanol–water partition coefficient (Wildman–Crippen LogP) is 1.02. The second-order valence-corrected chi connectivity index (χ2v) is 5.20. The molecule has 0 saturated carbocycles. The summed E-state index contributed by atoms with van der Waals surface area (Å²) in [5.74, 6) is -0.587. The van der Waals surface area contributed by atoms with Crippen molar-refractivity contribution in [2.24, 2.45) is 11.5 Å². The van der Waals surface area contributed by atoms with Gasteiger partial charge in [0.15, 0.2) is 0 Å². The first-order valence-electron chi connectivity index (χ1n) is 6.77. The molecular formula is C15H23N3O2. The Labute approximate surface area is 119 Å². The van der Waals surface area contributed by atoms with Crippen molar-refractivity contribution in [1.82, 2.24) is 4.90 Å². The standard InChI is InChI=1S/C15H23N3O2/c1-3-15(2,17)14(20)18(10-9-13(16)19)11-12-7-5-4-6-8-12/h4-8H,3,9-11,17H2,1-2H3,(H2,16,19). The largest absolute Gasteiger partial charge is 0.370 e. The number of hydrogen-bond donors (Lipinski definition) is 2. The van der Waals surface area contributed by atoms with Crippen LogP contribution in [0, 0.1) is 0 Å². The molecule has 1 aromatic carbocycles. The van der Waals surface area contributed by atoms with E-state index in [0.29, 0.717) is 13.0 Å². The Kier molecular flexibility index (Phi) is 5.70. The van der Waals surface area contributed by atoms with Gasteiger partial charge < -0.3 is 16.4 Å². The lowest BCUT2D eigenvalue weighted by atomic mass is 9.98. The van der Waals surface area contributed by atoms with Gasteiger partial charge >= 0.3 is 0 Å². The summed E-state index contributed by atoms with van der Waals surface area (Å²) < 4.78 is 0. The number of primary amides is 1. The van der Waals surface area contributed by atoms with Crippen LogP contribution in [0.1, 0.15) is 32.3 Å². The SMILES string of the molecule is CCC(C)(N)C(=O)N(CCC(N)=O)Cc1ccccc1. The van der Waals surface area contributed by atoms with Gasteiger partial charge in [-0.3, -0.25) is 9.59 Å². The highest BCUT2D eigenvalue weighted by Gasteiger charge is 2.30. The summed E-state index contributed by atoms with van der Waals surface area (Å²) in [4.78, 5) is 25.0. The molecule has 0 aliphatic rings. The zero-order valence-electron chi connectivity index (χ0n) is 12.1. The van der Waals surface area contributed by atoms with Crippen LogP contribution in [0.4, 0.5) is 0 Å². The summed E-state index contributed by atoms with van der Waals surface area (Å²) >= 11 is 0. The van der Waals surface area contributed by atoms with Crippen molar-refractivity contribution in [3.05, 3.63) is 35.9 Å². The van der Waals surface area contributed by atoms with Crippen LogP contribution in [0.15, 0.2) is 30.3 Å². The summed E-state index contributed by atoms with van der Waals surface area (Å²) in [5, 5.41) is 0. The van der Waals surface area contributed by atoms with Gasteiger partial charge in [-0.2, -0.15) is 0 Å². The molecule has 20 heavy (non-hydrogen) atoms. The molecule has 5 heteroatoms. The van der Waals surface area contributed by atoms with Crippen LogP contribution in [0.3, 0.4) is 0 Å². The van der Waals surface area contributed by atoms with Gasteiger partial charge in [0.2, 0.25) is 11.8 Å². The molecule has 0 fully saturated rings. The molecule has 0 aliphatic heterocycles. The minimum absolute atomic E-state index is 0.137. The minimum atomic E-state index is -0.924. The molecule has 0 aromatic heterocycles. The zero-order chi connectivity index (χ0) is 15.2.